The number of rotatable bonds is 7. The molecule has 1 aromatic rings. The van der Waals surface area contributed by atoms with Crippen molar-refractivity contribution in [3.63, 3.8) is 0 Å². The molecule has 1 rings (SSSR count). The summed E-state index contributed by atoms with van der Waals surface area (Å²) in [6.45, 7) is 0.476. The average Bonchev–Trinajstić information content (AvgIpc) is 2.34. The smallest absolute Gasteiger partial charge is 0.337 e. The molecule has 0 aromatic heterocycles. The zero-order valence-electron chi connectivity index (χ0n) is 11.1. The number of benzene rings is 1. The predicted molar refractivity (Wildman–Crippen MR) is 73.1 cm³/mol. The maximum atomic E-state index is 11.7. The molecule has 0 bridgehead atoms. The molecule has 0 spiro atoms. The van der Waals surface area contributed by atoms with Crippen LogP contribution in [0.15, 0.2) is 17.0 Å². The van der Waals surface area contributed by atoms with Crippen molar-refractivity contribution in [2.75, 3.05) is 26.6 Å². The molecule has 6 nitrogen and oxygen atoms in total. The third-order valence-electron chi connectivity index (χ3n) is 2.51. The van der Waals surface area contributed by atoms with Gasteiger partial charge in [-0.3, -0.25) is 0 Å². The minimum Gasteiger partial charge on any atom is -0.478 e. The fraction of sp³-hybridized carbons (Fsp3) is 0.417. The summed E-state index contributed by atoms with van der Waals surface area (Å²) in [5.74, 6) is -1.23. The molecule has 1 N–H and O–H groups in total. The molecule has 0 aliphatic rings. The Hall–Kier alpha value is -1.15. The largest absolute Gasteiger partial charge is 0.478 e. The highest BCUT2D eigenvalue weighted by Gasteiger charge is 2.21. The van der Waals surface area contributed by atoms with Crippen LogP contribution >= 0.6 is 11.6 Å². The van der Waals surface area contributed by atoms with Gasteiger partial charge >= 0.3 is 5.97 Å². The highest BCUT2D eigenvalue weighted by atomic mass is 35.5. The molecule has 0 atom stereocenters. The lowest BCUT2D eigenvalue weighted by molar-refractivity contribution is 0.0605. The van der Waals surface area contributed by atoms with Crippen LogP contribution in [0, 0.1) is 0 Å². The maximum Gasteiger partial charge on any atom is 0.337 e. The first-order valence-electron chi connectivity index (χ1n) is 5.60. The van der Waals surface area contributed by atoms with E-state index in [-0.39, 0.29) is 34.3 Å². The van der Waals surface area contributed by atoms with Crippen LogP contribution < -0.4 is 0 Å². The van der Waals surface area contributed by atoms with Crippen molar-refractivity contribution in [3.8, 4) is 0 Å². The van der Waals surface area contributed by atoms with E-state index in [1.165, 1.54) is 19.2 Å². The molecule has 112 valence electrons. The van der Waals surface area contributed by atoms with Crippen molar-refractivity contribution in [1.82, 2.24) is 0 Å². The highest BCUT2D eigenvalue weighted by molar-refractivity contribution is 7.90. The van der Waals surface area contributed by atoms with Crippen LogP contribution in [0.4, 0.5) is 0 Å². The van der Waals surface area contributed by atoms with Crippen molar-refractivity contribution in [3.05, 3.63) is 28.3 Å². The molecule has 0 aliphatic heterocycles. The lowest BCUT2D eigenvalue weighted by Gasteiger charge is -2.12. The molecule has 0 fully saturated rings. The normalized spacial score (nSPS) is 11.6. The summed E-state index contributed by atoms with van der Waals surface area (Å²) in [6, 6.07) is 2.39. The van der Waals surface area contributed by atoms with Crippen molar-refractivity contribution < 1.29 is 27.8 Å². The first-order valence-corrected chi connectivity index (χ1v) is 7.87. The van der Waals surface area contributed by atoms with Gasteiger partial charge < -0.3 is 14.6 Å². The molecule has 0 amide bonds. The molecule has 0 heterocycles. The van der Waals surface area contributed by atoms with E-state index in [0.29, 0.717) is 6.61 Å². The summed E-state index contributed by atoms with van der Waals surface area (Å²) in [5.41, 5.74) is -0.0189. The van der Waals surface area contributed by atoms with E-state index >= 15 is 0 Å². The molecular formula is C12H15ClO6S. The summed E-state index contributed by atoms with van der Waals surface area (Å²) in [7, 11) is -2.03. The van der Waals surface area contributed by atoms with Gasteiger partial charge in [0.15, 0.2) is 9.84 Å². The van der Waals surface area contributed by atoms with Crippen LogP contribution in [0.25, 0.3) is 0 Å². The quantitative estimate of drug-likeness (QED) is 0.767. The van der Waals surface area contributed by atoms with Gasteiger partial charge in [0.05, 0.1) is 35.3 Å². The second-order valence-corrected chi connectivity index (χ2v) is 6.39. The minimum absolute atomic E-state index is 0.0371. The summed E-state index contributed by atoms with van der Waals surface area (Å²) in [6.07, 6.45) is 1.03. The van der Waals surface area contributed by atoms with E-state index in [1.807, 2.05) is 0 Å². The number of halogens is 1. The van der Waals surface area contributed by atoms with Crippen LogP contribution in [-0.4, -0.2) is 46.1 Å². The lowest BCUT2D eigenvalue weighted by atomic mass is 10.1. The van der Waals surface area contributed by atoms with E-state index in [0.717, 1.165) is 6.26 Å². The Morgan fingerprint density at radius 2 is 2.00 bits per heavy atom. The van der Waals surface area contributed by atoms with E-state index in [1.54, 1.807) is 0 Å². The zero-order chi connectivity index (χ0) is 15.3. The average molecular weight is 323 g/mol. The Balaban J connectivity index is 3.20. The third-order valence-corrected chi connectivity index (χ3v) is 4.12. The second kappa shape index (κ2) is 7.03. The number of hydrogen-bond donors (Lipinski definition) is 1. The molecule has 1 aromatic carbocycles. The number of sulfone groups is 1. The number of ether oxygens (including phenoxy) is 2. The highest BCUT2D eigenvalue weighted by Crippen LogP contribution is 2.28. The van der Waals surface area contributed by atoms with Crippen LogP contribution in [0.3, 0.4) is 0 Å². The number of carboxylic acid groups (broad SMARTS) is 1. The fourth-order valence-electron chi connectivity index (χ4n) is 1.57. The second-order valence-electron chi connectivity index (χ2n) is 4.03. The first kappa shape index (κ1) is 16.9. The molecule has 20 heavy (non-hydrogen) atoms. The van der Waals surface area contributed by atoms with E-state index < -0.39 is 15.8 Å². The summed E-state index contributed by atoms with van der Waals surface area (Å²) in [5, 5.41) is 8.87. The van der Waals surface area contributed by atoms with E-state index in [4.69, 9.17) is 26.2 Å². The van der Waals surface area contributed by atoms with E-state index in [2.05, 4.69) is 0 Å². The van der Waals surface area contributed by atoms with Crippen LogP contribution in [0.5, 0.6) is 0 Å². The van der Waals surface area contributed by atoms with Crippen LogP contribution in [-0.2, 0) is 25.9 Å². The molecule has 0 unspecified atom stereocenters. The molecule has 0 aliphatic carbocycles. The molecule has 0 saturated carbocycles. The maximum absolute atomic E-state index is 11.7. The zero-order valence-corrected chi connectivity index (χ0v) is 12.6. The molecular weight excluding hydrogens is 308 g/mol. The SMILES string of the molecule is COCCOCc1c(S(C)(=O)=O)ccc(C(=O)O)c1Cl. The number of hydrogen-bond acceptors (Lipinski definition) is 5. The van der Waals surface area contributed by atoms with Crippen molar-refractivity contribution in [1.29, 1.82) is 0 Å². The fourth-order valence-corrected chi connectivity index (χ4v) is 2.85. The predicted octanol–water partition coefficient (Wildman–Crippen LogP) is 1.60. The van der Waals surface area contributed by atoms with Gasteiger partial charge in [-0.15, -0.1) is 0 Å². The number of carbonyl (C=O) groups is 1. The van der Waals surface area contributed by atoms with Gasteiger partial charge in [0, 0.05) is 18.9 Å². The van der Waals surface area contributed by atoms with Crippen molar-refractivity contribution in [2.24, 2.45) is 0 Å². The Morgan fingerprint density at radius 1 is 1.35 bits per heavy atom. The van der Waals surface area contributed by atoms with Crippen LogP contribution in [0.1, 0.15) is 15.9 Å². The number of carboxylic acids is 1. The van der Waals surface area contributed by atoms with Crippen LogP contribution in [0.2, 0.25) is 5.02 Å². The van der Waals surface area contributed by atoms with Gasteiger partial charge in [-0.2, -0.15) is 0 Å². The lowest BCUT2D eigenvalue weighted by Crippen LogP contribution is -2.10. The Morgan fingerprint density at radius 3 is 2.50 bits per heavy atom. The Labute approximate surface area is 122 Å². The van der Waals surface area contributed by atoms with Gasteiger partial charge in [-0.1, -0.05) is 11.6 Å². The molecule has 0 radical (unpaired) electrons. The van der Waals surface area contributed by atoms with Crippen molar-refractivity contribution in [2.45, 2.75) is 11.5 Å². The third kappa shape index (κ3) is 4.17. The van der Waals surface area contributed by atoms with Gasteiger partial charge in [-0.25, -0.2) is 13.2 Å². The van der Waals surface area contributed by atoms with Crippen molar-refractivity contribution >= 4 is 27.4 Å². The van der Waals surface area contributed by atoms with Gasteiger partial charge in [-0.05, 0) is 12.1 Å². The van der Waals surface area contributed by atoms with Gasteiger partial charge in [0.1, 0.15) is 0 Å². The molecule has 0 saturated heterocycles. The van der Waals surface area contributed by atoms with Gasteiger partial charge in [0.25, 0.3) is 0 Å². The molecule has 8 heteroatoms. The summed E-state index contributed by atoms with van der Waals surface area (Å²) >= 11 is 5.97. The minimum atomic E-state index is -3.53. The van der Waals surface area contributed by atoms with Gasteiger partial charge in [0.2, 0.25) is 0 Å². The number of aromatic carboxylic acids is 1. The monoisotopic (exact) mass is 322 g/mol. The number of methoxy groups -OCH3 is 1. The first-order chi connectivity index (χ1) is 9.29. The summed E-state index contributed by atoms with van der Waals surface area (Å²) in [4.78, 5) is 11.0. The topological polar surface area (TPSA) is 89.9 Å². The Kier molecular flexibility index (Phi) is 5.94. The standard InChI is InChI=1S/C12H15ClO6S/c1-18-5-6-19-7-9-10(20(2,16)17)4-3-8(11(9)13)12(14)15/h3-4H,5-7H2,1-2H3,(H,14,15). The van der Waals surface area contributed by atoms with E-state index in [9.17, 15) is 13.2 Å². The Bertz CT molecular complexity index is 596. The summed E-state index contributed by atoms with van der Waals surface area (Å²) < 4.78 is 33.4.